The first kappa shape index (κ1) is 14.8. The van der Waals surface area contributed by atoms with Crippen molar-refractivity contribution >= 4 is 17.7 Å². The zero-order chi connectivity index (χ0) is 12.7. The molecule has 1 fully saturated rings. The maximum Gasteiger partial charge on any atom is 0.240 e. The molecule has 100 valence electrons. The highest BCUT2D eigenvalue weighted by atomic mass is 32.2. The van der Waals surface area contributed by atoms with E-state index >= 15 is 0 Å². The summed E-state index contributed by atoms with van der Waals surface area (Å²) in [6, 6.07) is 0.0106. The Morgan fingerprint density at radius 2 is 2.00 bits per heavy atom. The molecular formula is C13H26N2OS. The van der Waals surface area contributed by atoms with Crippen molar-refractivity contribution < 1.29 is 4.79 Å². The van der Waals surface area contributed by atoms with E-state index in [9.17, 15) is 4.79 Å². The Bertz CT molecular complexity index is 235. The van der Waals surface area contributed by atoms with Crippen molar-refractivity contribution in [2.45, 2.75) is 58.2 Å². The van der Waals surface area contributed by atoms with Gasteiger partial charge in [-0.1, -0.05) is 19.8 Å². The van der Waals surface area contributed by atoms with Gasteiger partial charge in [-0.05, 0) is 38.2 Å². The third-order valence-corrected chi connectivity index (χ3v) is 4.05. The average Bonchev–Trinajstić information content (AvgIpc) is 2.60. The van der Waals surface area contributed by atoms with Crippen molar-refractivity contribution in [2.24, 2.45) is 0 Å². The first-order valence-corrected chi connectivity index (χ1v) is 8.15. The van der Waals surface area contributed by atoms with Crippen molar-refractivity contribution in [3.05, 3.63) is 0 Å². The topological polar surface area (TPSA) is 32.3 Å². The molecule has 0 bridgehead atoms. The summed E-state index contributed by atoms with van der Waals surface area (Å²) in [5.41, 5.74) is 0. The monoisotopic (exact) mass is 258 g/mol. The number of hydrogen-bond donors (Lipinski definition) is 1. The van der Waals surface area contributed by atoms with Crippen LogP contribution in [0.25, 0.3) is 0 Å². The minimum atomic E-state index is 0.0106. The van der Waals surface area contributed by atoms with E-state index in [-0.39, 0.29) is 18.1 Å². The lowest BCUT2D eigenvalue weighted by atomic mass is 10.2. The first-order chi connectivity index (χ1) is 8.20. The Labute approximate surface area is 110 Å². The summed E-state index contributed by atoms with van der Waals surface area (Å²) in [6.07, 6.45) is 8.41. The van der Waals surface area contributed by atoms with Crippen LogP contribution in [-0.2, 0) is 4.79 Å². The van der Waals surface area contributed by atoms with E-state index in [0.29, 0.717) is 0 Å². The Morgan fingerprint density at radius 1 is 1.29 bits per heavy atom. The van der Waals surface area contributed by atoms with Crippen LogP contribution in [0.4, 0.5) is 0 Å². The molecule has 2 unspecified atom stereocenters. The highest BCUT2D eigenvalue weighted by Crippen LogP contribution is 2.15. The number of nitrogens with one attached hydrogen (secondary N) is 1. The van der Waals surface area contributed by atoms with Gasteiger partial charge in [-0.25, -0.2) is 0 Å². The quantitative estimate of drug-likeness (QED) is 0.679. The lowest BCUT2D eigenvalue weighted by Gasteiger charge is -2.23. The van der Waals surface area contributed by atoms with Crippen LogP contribution < -0.4 is 5.32 Å². The van der Waals surface area contributed by atoms with Crippen LogP contribution in [0.5, 0.6) is 0 Å². The third kappa shape index (κ3) is 4.51. The molecule has 1 aliphatic rings. The highest BCUT2D eigenvalue weighted by Gasteiger charge is 2.34. The van der Waals surface area contributed by atoms with Gasteiger partial charge in [-0.15, -0.1) is 0 Å². The van der Waals surface area contributed by atoms with E-state index in [1.807, 2.05) is 23.6 Å². The van der Waals surface area contributed by atoms with Gasteiger partial charge in [0.2, 0.25) is 5.91 Å². The highest BCUT2D eigenvalue weighted by molar-refractivity contribution is 7.98. The number of hydrogen-bond acceptors (Lipinski definition) is 3. The second-order valence-electron chi connectivity index (χ2n) is 4.75. The minimum Gasteiger partial charge on any atom is -0.326 e. The SMILES string of the molecule is CCC1NC(C)C(=O)N1CCCCCCSC. The fourth-order valence-electron chi connectivity index (χ4n) is 2.34. The number of nitrogens with zero attached hydrogens (tertiary/aromatic N) is 1. The molecule has 1 amide bonds. The van der Waals surface area contributed by atoms with Gasteiger partial charge in [0, 0.05) is 6.54 Å². The molecular weight excluding hydrogens is 232 g/mol. The Kier molecular flexibility index (Phi) is 6.97. The number of unbranched alkanes of at least 4 members (excludes halogenated alkanes) is 3. The fourth-order valence-corrected chi connectivity index (χ4v) is 2.83. The molecule has 3 nitrogen and oxygen atoms in total. The van der Waals surface area contributed by atoms with Gasteiger partial charge in [0.1, 0.15) is 0 Å². The molecule has 0 aromatic rings. The molecule has 1 heterocycles. The van der Waals surface area contributed by atoms with E-state index in [1.54, 1.807) is 0 Å². The summed E-state index contributed by atoms with van der Waals surface area (Å²) >= 11 is 1.92. The van der Waals surface area contributed by atoms with Crippen LogP contribution in [0.15, 0.2) is 0 Å². The van der Waals surface area contributed by atoms with Crippen LogP contribution in [0.1, 0.15) is 46.0 Å². The van der Waals surface area contributed by atoms with E-state index in [2.05, 4.69) is 18.5 Å². The van der Waals surface area contributed by atoms with E-state index < -0.39 is 0 Å². The molecule has 0 radical (unpaired) electrons. The Balaban J connectivity index is 2.18. The first-order valence-electron chi connectivity index (χ1n) is 6.76. The zero-order valence-electron chi connectivity index (χ0n) is 11.4. The average molecular weight is 258 g/mol. The lowest BCUT2D eigenvalue weighted by molar-refractivity contribution is -0.129. The summed E-state index contributed by atoms with van der Waals surface area (Å²) in [5.74, 6) is 1.54. The van der Waals surface area contributed by atoms with Gasteiger partial charge in [0.05, 0.1) is 12.2 Å². The summed E-state index contributed by atoms with van der Waals surface area (Å²) in [6.45, 7) is 5.02. The van der Waals surface area contributed by atoms with Crippen molar-refractivity contribution in [1.82, 2.24) is 10.2 Å². The van der Waals surface area contributed by atoms with Gasteiger partial charge < -0.3 is 4.90 Å². The molecule has 4 heteroatoms. The van der Waals surface area contributed by atoms with Crippen molar-refractivity contribution in [3.8, 4) is 0 Å². The normalized spacial score (nSPS) is 24.6. The molecule has 0 saturated carbocycles. The van der Waals surface area contributed by atoms with Crippen molar-refractivity contribution in [2.75, 3.05) is 18.6 Å². The Hall–Kier alpha value is -0.220. The number of carbonyl (C=O) groups excluding carboxylic acids is 1. The lowest BCUT2D eigenvalue weighted by Crippen LogP contribution is -2.37. The molecule has 0 aromatic carbocycles. The summed E-state index contributed by atoms with van der Waals surface area (Å²) in [4.78, 5) is 13.9. The number of thioether (sulfide) groups is 1. The van der Waals surface area contributed by atoms with Gasteiger partial charge in [0.25, 0.3) is 0 Å². The standard InChI is InChI=1S/C13H26N2OS/c1-4-12-14-11(2)13(16)15(12)9-7-5-6-8-10-17-3/h11-12,14H,4-10H2,1-3H3. The van der Waals surface area contributed by atoms with Gasteiger partial charge >= 0.3 is 0 Å². The molecule has 1 N–H and O–H groups in total. The van der Waals surface area contributed by atoms with Crippen LogP contribution in [0, 0.1) is 0 Å². The van der Waals surface area contributed by atoms with Crippen LogP contribution in [0.2, 0.25) is 0 Å². The van der Waals surface area contributed by atoms with Crippen LogP contribution >= 0.6 is 11.8 Å². The summed E-state index contributed by atoms with van der Waals surface area (Å²) in [5, 5.41) is 3.34. The van der Waals surface area contributed by atoms with E-state index in [0.717, 1.165) is 19.4 Å². The van der Waals surface area contributed by atoms with Crippen molar-refractivity contribution in [3.63, 3.8) is 0 Å². The molecule has 1 aliphatic heterocycles. The second kappa shape index (κ2) is 7.98. The van der Waals surface area contributed by atoms with Crippen LogP contribution in [-0.4, -0.2) is 41.6 Å². The molecule has 2 atom stereocenters. The summed E-state index contributed by atoms with van der Waals surface area (Å²) < 4.78 is 0. The smallest absolute Gasteiger partial charge is 0.240 e. The van der Waals surface area contributed by atoms with E-state index in [1.165, 1.54) is 25.0 Å². The fraction of sp³-hybridized carbons (Fsp3) is 0.923. The second-order valence-corrected chi connectivity index (χ2v) is 5.74. The number of amides is 1. The number of carbonyl (C=O) groups is 1. The van der Waals surface area contributed by atoms with Crippen molar-refractivity contribution in [1.29, 1.82) is 0 Å². The van der Waals surface area contributed by atoms with Gasteiger partial charge in [0.15, 0.2) is 0 Å². The van der Waals surface area contributed by atoms with Crippen LogP contribution in [0.3, 0.4) is 0 Å². The summed E-state index contributed by atoms with van der Waals surface area (Å²) in [7, 11) is 0. The predicted molar refractivity (Wildman–Crippen MR) is 75.2 cm³/mol. The van der Waals surface area contributed by atoms with E-state index in [4.69, 9.17) is 0 Å². The molecule has 17 heavy (non-hydrogen) atoms. The number of rotatable bonds is 8. The largest absolute Gasteiger partial charge is 0.326 e. The van der Waals surface area contributed by atoms with Gasteiger partial charge in [-0.2, -0.15) is 11.8 Å². The maximum absolute atomic E-state index is 11.9. The Morgan fingerprint density at radius 3 is 2.65 bits per heavy atom. The maximum atomic E-state index is 11.9. The van der Waals surface area contributed by atoms with Gasteiger partial charge in [-0.3, -0.25) is 10.1 Å². The molecule has 0 spiro atoms. The minimum absolute atomic E-state index is 0.0106. The molecule has 0 aromatic heterocycles. The third-order valence-electron chi connectivity index (χ3n) is 3.36. The molecule has 0 aliphatic carbocycles. The zero-order valence-corrected chi connectivity index (χ0v) is 12.2. The molecule has 1 rings (SSSR count). The molecule has 1 saturated heterocycles. The predicted octanol–water partition coefficient (Wildman–Crippen LogP) is 2.47.